The maximum absolute atomic E-state index is 8.72. The maximum Gasteiger partial charge on any atom is 0.110 e. The minimum absolute atomic E-state index is 0.368. The van der Waals surface area contributed by atoms with Gasteiger partial charge in [-0.2, -0.15) is 5.26 Å². The molecule has 0 fully saturated rings. The van der Waals surface area contributed by atoms with Gasteiger partial charge in [-0.3, -0.25) is 0 Å². The van der Waals surface area contributed by atoms with E-state index in [-0.39, 0.29) is 0 Å². The van der Waals surface area contributed by atoms with Gasteiger partial charge in [0.25, 0.3) is 0 Å². The lowest BCUT2D eigenvalue weighted by Gasteiger charge is -2.10. The summed E-state index contributed by atoms with van der Waals surface area (Å²) in [5, 5.41) is 14.3. The fourth-order valence-electron chi connectivity index (χ4n) is 1.42. The molecule has 1 atom stereocenters. The number of hydrogen-bond acceptors (Lipinski definition) is 4. The second-order valence-corrected chi connectivity index (χ2v) is 5.64. The van der Waals surface area contributed by atoms with Crippen molar-refractivity contribution in [2.24, 2.45) is 0 Å². The molecule has 0 saturated carbocycles. The molecule has 82 valence electrons. The van der Waals surface area contributed by atoms with E-state index in [0.717, 1.165) is 11.4 Å². The summed E-state index contributed by atoms with van der Waals surface area (Å²) in [5.74, 6) is 0. The van der Waals surface area contributed by atoms with Gasteiger partial charge in [0.2, 0.25) is 0 Å². The lowest BCUT2D eigenvalue weighted by Crippen LogP contribution is -2.16. The molecule has 2 aromatic heterocycles. The molecule has 0 bridgehead atoms. The van der Waals surface area contributed by atoms with E-state index in [4.69, 9.17) is 5.26 Å². The predicted molar refractivity (Wildman–Crippen MR) is 68.6 cm³/mol. The van der Waals surface area contributed by atoms with Crippen molar-refractivity contribution in [3.05, 3.63) is 44.3 Å². The van der Waals surface area contributed by atoms with Gasteiger partial charge in [-0.15, -0.1) is 22.7 Å². The molecule has 16 heavy (non-hydrogen) atoms. The summed E-state index contributed by atoms with van der Waals surface area (Å²) in [6, 6.07) is 10.6. The van der Waals surface area contributed by atoms with Crippen LogP contribution in [0.3, 0.4) is 0 Å². The Hall–Kier alpha value is -1.15. The SMILES string of the molecule is C[C@H](NCc1ccc(C#N)s1)c1cccs1. The summed E-state index contributed by atoms with van der Waals surface area (Å²) in [6.45, 7) is 2.98. The zero-order valence-corrected chi connectivity index (χ0v) is 10.6. The smallest absolute Gasteiger partial charge is 0.110 e. The van der Waals surface area contributed by atoms with E-state index in [1.165, 1.54) is 9.75 Å². The highest BCUT2D eigenvalue weighted by atomic mass is 32.1. The van der Waals surface area contributed by atoms with Crippen LogP contribution in [0.4, 0.5) is 0 Å². The molecule has 0 aliphatic carbocycles. The quantitative estimate of drug-likeness (QED) is 0.898. The molecular weight excluding hydrogens is 236 g/mol. The molecule has 0 spiro atoms. The van der Waals surface area contributed by atoms with E-state index in [2.05, 4.69) is 35.8 Å². The summed E-state index contributed by atoms with van der Waals surface area (Å²) in [5.41, 5.74) is 0. The first-order valence-electron chi connectivity index (χ1n) is 5.05. The number of rotatable bonds is 4. The van der Waals surface area contributed by atoms with Gasteiger partial charge >= 0.3 is 0 Å². The summed E-state index contributed by atoms with van der Waals surface area (Å²) in [7, 11) is 0. The molecule has 0 unspecified atom stereocenters. The van der Waals surface area contributed by atoms with Crippen molar-refractivity contribution in [3.8, 4) is 6.07 Å². The van der Waals surface area contributed by atoms with Crippen LogP contribution in [0, 0.1) is 11.3 Å². The molecule has 0 amide bonds. The second-order valence-electron chi connectivity index (χ2n) is 3.50. The lowest BCUT2D eigenvalue weighted by atomic mass is 10.3. The molecular formula is C12H12N2S2. The van der Waals surface area contributed by atoms with Gasteiger partial charge in [-0.1, -0.05) is 6.07 Å². The number of nitrogens with zero attached hydrogens (tertiary/aromatic N) is 1. The van der Waals surface area contributed by atoms with Crippen LogP contribution < -0.4 is 5.32 Å². The zero-order valence-electron chi connectivity index (χ0n) is 8.93. The predicted octanol–water partition coefficient (Wildman–Crippen LogP) is 3.53. The van der Waals surface area contributed by atoms with Crippen molar-refractivity contribution in [3.63, 3.8) is 0 Å². The van der Waals surface area contributed by atoms with Gasteiger partial charge in [-0.05, 0) is 30.5 Å². The lowest BCUT2D eigenvalue weighted by molar-refractivity contribution is 0.587. The van der Waals surface area contributed by atoms with Crippen LogP contribution in [-0.2, 0) is 6.54 Å². The molecule has 0 aromatic carbocycles. The van der Waals surface area contributed by atoms with E-state index in [9.17, 15) is 0 Å². The van der Waals surface area contributed by atoms with Crippen molar-refractivity contribution in [2.45, 2.75) is 19.5 Å². The molecule has 0 aliphatic rings. The van der Waals surface area contributed by atoms with Crippen LogP contribution in [0.1, 0.15) is 27.6 Å². The van der Waals surface area contributed by atoms with E-state index >= 15 is 0 Å². The van der Waals surface area contributed by atoms with Crippen LogP contribution in [0.25, 0.3) is 0 Å². The highest BCUT2D eigenvalue weighted by Gasteiger charge is 2.06. The Morgan fingerprint density at radius 1 is 1.44 bits per heavy atom. The van der Waals surface area contributed by atoms with Gasteiger partial charge < -0.3 is 5.32 Å². The van der Waals surface area contributed by atoms with Crippen LogP contribution >= 0.6 is 22.7 Å². The van der Waals surface area contributed by atoms with Crippen molar-refractivity contribution in [1.29, 1.82) is 5.26 Å². The fraction of sp³-hybridized carbons (Fsp3) is 0.250. The normalized spacial score (nSPS) is 12.2. The Bertz CT molecular complexity index is 479. The van der Waals surface area contributed by atoms with Crippen molar-refractivity contribution in [1.82, 2.24) is 5.32 Å². The van der Waals surface area contributed by atoms with E-state index in [0.29, 0.717) is 6.04 Å². The van der Waals surface area contributed by atoms with Crippen LogP contribution in [0.15, 0.2) is 29.6 Å². The fourth-order valence-corrected chi connectivity index (χ4v) is 2.94. The minimum Gasteiger partial charge on any atom is -0.305 e. The topological polar surface area (TPSA) is 35.8 Å². The van der Waals surface area contributed by atoms with Gasteiger partial charge in [0.1, 0.15) is 10.9 Å². The summed E-state index contributed by atoms with van der Waals surface area (Å²) in [6.07, 6.45) is 0. The number of nitriles is 1. The van der Waals surface area contributed by atoms with Crippen LogP contribution in [-0.4, -0.2) is 0 Å². The number of thiophene rings is 2. The average Bonchev–Trinajstić information content (AvgIpc) is 2.96. The summed E-state index contributed by atoms with van der Waals surface area (Å²) < 4.78 is 0. The van der Waals surface area contributed by atoms with Crippen LogP contribution in [0.2, 0.25) is 0 Å². The minimum atomic E-state index is 0.368. The first kappa shape index (κ1) is 11.3. The summed E-state index contributed by atoms with van der Waals surface area (Å²) in [4.78, 5) is 3.33. The first-order valence-corrected chi connectivity index (χ1v) is 6.75. The Balaban J connectivity index is 1.90. The summed E-state index contributed by atoms with van der Waals surface area (Å²) >= 11 is 3.32. The monoisotopic (exact) mass is 248 g/mol. The average molecular weight is 248 g/mol. The Morgan fingerprint density at radius 2 is 2.31 bits per heavy atom. The highest BCUT2D eigenvalue weighted by molar-refractivity contribution is 7.12. The molecule has 1 N–H and O–H groups in total. The van der Waals surface area contributed by atoms with Gasteiger partial charge in [0.05, 0.1) is 0 Å². The molecule has 2 rings (SSSR count). The van der Waals surface area contributed by atoms with Gasteiger partial charge in [0, 0.05) is 22.3 Å². The van der Waals surface area contributed by atoms with Crippen LogP contribution in [0.5, 0.6) is 0 Å². The molecule has 0 saturated heterocycles. The molecule has 2 aromatic rings. The number of hydrogen-bond donors (Lipinski definition) is 1. The standard InChI is InChI=1S/C12H12N2S2/c1-9(12-3-2-6-15-12)14-8-11-5-4-10(7-13)16-11/h2-6,9,14H,8H2,1H3/t9-/m0/s1. The second kappa shape index (κ2) is 5.26. The first-order chi connectivity index (χ1) is 7.79. The highest BCUT2D eigenvalue weighted by Crippen LogP contribution is 2.20. The Kier molecular flexibility index (Phi) is 3.73. The molecule has 4 heteroatoms. The maximum atomic E-state index is 8.72. The van der Waals surface area contributed by atoms with Gasteiger partial charge in [-0.25, -0.2) is 0 Å². The van der Waals surface area contributed by atoms with Gasteiger partial charge in [0.15, 0.2) is 0 Å². The molecule has 2 heterocycles. The van der Waals surface area contributed by atoms with E-state index in [1.807, 2.05) is 12.1 Å². The zero-order chi connectivity index (χ0) is 11.4. The Labute approximate surface area is 103 Å². The van der Waals surface area contributed by atoms with Crippen molar-refractivity contribution >= 4 is 22.7 Å². The van der Waals surface area contributed by atoms with E-state index in [1.54, 1.807) is 22.7 Å². The Morgan fingerprint density at radius 3 is 2.94 bits per heavy atom. The molecule has 2 nitrogen and oxygen atoms in total. The van der Waals surface area contributed by atoms with E-state index < -0.39 is 0 Å². The third kappa shape index (κ3) is 2.70. The van der Waals surface area contributed by atoms with Crippen molar-refractivity contribution < 1.29 is 0 Å². The van der Waals surface area contributed by atoms with Crippen molar-refractivity contribution in [2.75, 3.05) is 0 Å². The molecule has 0 aliphatic heterocycles. The molecule has 0 radical (unpaired) electrons. The number of nitrogens with one attached hydrogen (secondary N) is 1. The third-order valence-corrected chi connectivity index (χ3v) is 4.37. The largest absolute Gasteiger partial charge is 0.305 e. The third-order valence-electron chi connectivity index (χ3n) is 2.32.